The van der Waals surface area contributed by atoms with Gasteiger partial charge in [-0.1, -0.05) is 13.8 Å². The van der Waals surface area contributed by atoms with Gasteiger partial charge in [0.05, 0.1) is 12.5 Å². The van der Waals surface area contributed by atoms with Gasteiger partial charge in [-0.25, -0.2) is 0 Å². The van der Waals surface area contributed by atoms with Crippen LogP contribution in [0.15, 0.2) is 16.9 Å². The second-order valence-electron chi connectivity index (χ2n) is 6.18. The first-order valence-electron chi connectivity index (χ1n) is 7.70. The lowest BCUT2D eigenvalue weighted by atomic mass is 10.1. The number of aliphatic carboxylic acids is 1. The van der Waals surface area contributed by atoms with Crippen LogP contribution in [-0.2, 0) is 11.2 Å². The smallest absolute Gasteiger partial charge is 0.305 e. The van der Waals surface area contributed by atoms with Crippen LogP contribution in [0.3, 0.4) is 0 Å². The van der Waals surface area contributed by atoms with Gasteiger partial charge in [0.1, 0.15) is 0 Å². The molecule has 2 heterocycles. The summed E-state index contributed by atoms with van der Waals surface area (Å²) in [5, 5.41) is 9.02. The highest BCUT2D eigenvalue weighted by atomic mass is 32.2. The highest BCUT2D eigenvalue weighted by Crippen LogP contribution is 2.21. The number of carbonyl (C=O) groups is 2. The Hall–Kier alpha value is -1.76. The number of amides is 1. The normalized spacial score (nSPS) is 18.2. The molecule has 1 aromatic heterocycles. The van der Waals surface area contributed by atoms with Gasteiger partial charge < -0.3 is 15.0 Å². The van der Waals surface area contributed by atoms with E-state index in [0.29, 0.717) is 30.2 Å². The number of thioether (sulfide) groups is 1. The monoisotopic (exact) mass is 338 g/mol. The number of carbonyl (C=O) groups excluding carboxylic acids is 1. The van der Waals surface area contributed by atoms with Crippen molar-refractivity contribution in [1.82, 2.24) is 9.88 Å². The Labute approximate surface area is 139 Å². The molecule has 1 saturated heterocycles. The predicted molar refractivity (Wildman–Crippen MR) is 90.0 cm³/mol. The van der Waals surface area contributed by atoms with E-state index in [-0.39, 0.29) is 23.9 Å². The summed E-state index contributed by atoms with van der Waals surface area (Å²) in [5.74, 6) is 0.584. The maximum absolute atomic E-state index is 12.8. The fourth-order valence-electron chi connectivity index (χ4n) is 2.73. The molecule has 0 radical (unpaired) electrons. The Bertz CT molecular complexity index is 641. The number of carboxylic acids is 1. The molecule has 0 spiro atoms. The largest absolute Gasteiger partial charge is 0.481 e. The number of nitrogens with zero attached hydrogens (tertiary/aromatic N) is 1. The maximum atomic E-state index is 12.8. The summed E-state index contributed by atoms with van der Waals surface area (Å²) in [6, 6.07) is 2.68. The number of aromatic amines is 1. The number of hydrogen-bond acceptors (Lipinski definition) is 4. The van der Waals surface area contributed by atoms with Gasteiger partial charge in [-0.05, 0) is 18.4 Å². The van der Waals surface area contributed by atoms with Crippen LogP contribution in [0, 0.1) is 5.92 Å². The number of rotatable bonds is 5. The third-order valence-corrected chi connectivity index (χ3v) is 4.77. The quantitative estimate of drug-likeness (QED) is 0.851. The van der Waals surface area contributed by atoms with Gasteiger partial charge in [0, 0.05) is 35.4 Å². The van der Waals surface area contributed by atoms with Crippen molar-refractivity contribution in [2.45, 2.75) is 32.7 Å². The molecule has 126 valence electrons. The minimum absolute atomic E-state index is 0.0687. The number of hydrogen-bond donors (Lipinski definition) is 2. The maximum Gasteiger partial charge on any atom is 0.305 e. The molecule has 1 unspecified atom stereocenters. The Morgan fingerprint density at radius 3 is 2.83 bits per heavy atom. The fourth-order valence-corrected chi connectivity index (χ4v) is 3.80. The van der Waals surface area contributed by atoms with Gasteiger partial charge in [-0.2, -0.15) is 11.8 Å². The van der Waals surface area contributed by atoms with Gasteiger partial charge in [0.25, 0.3) is 5.91 Å². The van der Waals surface area contributed by atoms with Gasteiger partial charge in [-0.3, -0.25) is 14.4 Å². The molecule has 1 aliphatic rings. The Morgan fingerprint density at radius 1 is 1.43 bits per heavy atom. The van der Waals surface area contributed by atoms with Crippen LogP contribution in [0.4, 0.5) is 0 Å². The molecule has 0 bridgehead atoms. The van der Waals surface area contributed by atoms with Crippen LogP contribution in [-0.4, -0.2) is 51.0 Å². The molecular formula is C16H22N2O4S. The van der Waals surface area contributed by atoms with Crippen LogP contribution < -0.4 is 5.56 Å². The standard InChI is InChI=1S/C16H22N2O4S/c1-10(2)5-12-6-11(7-14(19)17-12)16(22)18-3-4-23-9-13(18)8-15(20)21/h6-7,10,13H,3-5,8-9H2,1-2H3,(H,17,19)(H,20,21). The first-order valence-corrected chi connectivity index (χ1v) is 8.86. The van der Waals surface area contributed by atoms with E-state index in [4.69, 9.17) is 5.11 Å². The summed E-state index contributed by atoms with van der Waals surface area (Å²) in [6.07, 6.45) is 0.617. The summed E-state index contributed by atoms with van der Waals surface area (Å²) in [4.78, 5) is 39.9. The zero-order chi connectivity index (χ0) is 17.0. The molecule has 1 atom stereocenters. The highest BCUT2D eigenvalue weighted by molar-refractivity contribution is 7.99. The molecule has 23 heavy (non-hydrogen) atoms. The highest BCUT2D eigenvalue weighted by Gasteiger charge is 2.29. The van der Waals surface area contributed by atoms with E-state index in [0.717, 1.165) is 11.4 Å². The number of carboxylic acid groups (broad SMARTS) is 1. The van der Waals surface area contributed by atoms with Gasteiger partial charge in [0.2, 0.25) is 5.56 Å². The summed E-state index contributed by atoms with van der Waals surface area (Å²) in [6.45, 7) is 4.59. The Balaban J connectivity index is 2.25. The first-order chi connectivity index (χ1) is 10.9. The molecule has 6 nitrogen and oxygen atoms in total. The number of aromatic nitrogens is 1. The molecule has 0 saturated carbocycles. The molecule has 0 aromatic carbocycles. The Morgan fingerprint density at radius 2 is 2.17 bits per heavy atom. The zero-order valence-electron chi connectivity index (χ0n) is 13.4. The number of pyridine rings is 1. The van der Waals surface area contributed by atoms with E-state index in [2.05, 4.69) is 4.98 Å². The van der Waals surface area contributed by atoms with Crippen molar-refractivity contribution in [2.75, 3.05) is 18.1 Å². The van der Waals surface area contributed by atoms with Crippen molar-refractivity contribution in [3.8, 4) is 0 Å². The average molecular weight is 338 g/mol. The molecule has 1 amide bonds. The molecular weight excluding hydrogens is 316 g/mol. The van der Waals surface area contributed by atoms with E-state index < -0.39 is 5.97 Å². The molecule has 1 aliphatic heterocycles. The number of nitrogens with one attached hydrogen (secondary N) is 1. The third kappa shape index (κ3) is 4.86. The predicted octanol–water partition coefficient (Wildman–Crippen LogP) is 1.61. The van der Waals surface area contributed by atoms with Crippen molar-refractivity contribution in [2.24, 2.45) is 5.92 Å². The van der Waals surface area contributed by atoms with Crippen LogP contribution in [0.2, 0.25) is 0 Å². The lowest BCUT2D eigenvalue weighted by Crippen LogP contribution is -2.47. The summed E-state index contributed by atoms with van der Waals surface area (Å²) in [7, 11) is 0. The van der Waals surface area contributed by atoms with E-state index in [1.165, 1.54) is 6.07 Å². The minimum Gasteiger partial charge on any atom is -0.481 e. The topological polar surface area (TPSA) is 90.5 Å². The van der Waals surface area contributed by atoms with Crippen LogP contribution in [0.5, 0.6) is 0 Å². The van der Waals surface area contributed by atoms with Crippen molar-refractivity contribution in [3.63, 3.8) is 0 Å². The summed E-state index contributed by atoms with van der Waals surface area (Å²) >= 11 is 1.65. The van der Waals surface area contributed by atoms with Gasteiger partial charge in [-0.15, -0.1) is 0 Å². The van der Waals surface area contributed by atoms with E-state index in [9.17, 15) is 14.4 Å². The number of H-pyrrole nitrogens is 1. The summed E-state index contributed by atoms with van der Waals surface area (Å²) < 4.78 is 0. The van der Waals surface area contributed by atoms with Gasteiger partial charge >= 0.3 is 5.97 Å². The molecule has 1 aromatic rings. The Kier molecular flexibility index (Phi) is 5.87. The lowest BCUT2D eigenvalue weighted by molar-refractivity contribution is -0.138. The van der Waals surface area contributed by atoms with Crippen LogP contribution >= 0.6 is 11.8 Å². The minimum atomic E-state index is -0.915. The van der Waals surface area contributed by atoms with Crippen molar-refractivity contribution in [3.05, 3.63) is 33.7 Å². The van der Waals surface area contributed by atoms with Crippen molar-refractivity contribution < 1.29 is 14.7 Å². The zero-order valence-corrected chi connectivity index (χ0v) is 14.2. The lowest BCUT2D eigenvalue weighted by Gasteiger charge is -2.34. The second kappa shape index (κ2) is 7.68. The third-order valence-electron chi connectivity index (χ3n) is 3.67. The first kappa shape index (κ1) is 17.6. The molecule has 0 aliphatic carbocycles. The SMILES string of the molecule is CC(C)Cc1cc(C(=O)N2CCSCC2CC(=O)O)cc(=O)[nH]1. The van der Waals surface area contributed by atoms with Crippen LogP contribution in [0.1, 0.15) is 36.3 Å². The second-order valence-corrected chi connectivity index (χ2v) is 7.33. The average Bonchev–Trinajstić information content (AvgIpc) is 2.45. The van der Waals surface area contributed by atoms with Crippen molar-refractivity contribution in [1.29, 1.82) is 0 Å². The van der Waals surface area contributed by atoms with E-state index in [1.807, 2.05) is 13.8 Å². The fraction of sp³-hybridized carbons (Fsp3) is 0.562. The van der Waals surface area contributed by atoms with E-state index in [1.54, 1.807) is 22.7 Å². The van der Waals surface area contributed by atoms with Crippen LogP contribution in [0.25, 0.3) is 0 Å². The molecule has 1 fully saturated rings. The molecule has 2 N–H and O–H groups in total. The molecule has 2 rings (SSSR count). The van der Waals surface area contributed by atoms with E-state index >= 15 is 0 Å². The van der Waals surface area contributed by atoms with Crippen molar-refractivity contribution >= 4 is 23.6 Å². The summed E-state index contributed by atoms with van der Waals surface area (Å²) in [5.41, 5.74) is 0.774. The molecule has 7 heteroatoms. The van der Waals surface area contributed by atoms with Gasteiger partial charge in [0.15, 0.2) is 0 Å².